The molecule has 204 valence electrons. The van der Waals surface area contributed by atoms with E-state index in [0.29, 0.717) is 22.8 Å². The van der Waals surface area contributed by atoms with E-state index >= 15 is 0 Å². The molecule has 40 heavy (non-hydrogen) atoms. The Balaban J connectivity index is 1.24. The van der Waals surface area contributed by atoms with Gasteiger partial charge in [0.15, 0.2) is 5.78 Å². The monoisotopic (exact) mass is 559 g/mol. The normalized spacial score (nSPS) is 14.1. The first-order chi connectivity index (χ1) is 19.2. The largest absolute Gasteiger partial charge is 0.457 e. The third-order valence-corrected chi connectivity index (χ3v) is 8.47. The quantitative estimate of drug-likeness (QED) is 0.295. The van der Waals surface area contributed by atoms with Gasteiger partial charge < -0.3 is 9.64 Å². The molecule has 0 N–H and O–H groups in total. The molecule has 0 spiro atoms. The Bertz CT molecular complexity index is 1650. The fourth-order valence-corrected chi connectivity index (χ4v) is 5.83. The van der Waals surface area contributed by atoms with Crippen LogP contribution in [0.1, 0.15) is 27.8 Å². The Morgan fingerprint density at radius 1 is 0.825 bits per heavy atom. The zero-order valence-corrected chi connectivity index (χ0v) is 22.5. The molecular formula is C30H26FN3O5S. The van der Waals surface area contributed by atoms with Crippen LogP contribution < -0.4 is 4.74 Å². The third-order valence-electron chi connectivity index (χ3n) is 6.57. The molecule has 10 heteroatoms. The van der Waals surface area contributed by atoms with Crippen LogP contribution in [-0.2, 0) is 10.0 Å². The average Bonchev–Trinajstić information content (AvgIpc) is 2.98. The number of hydrogen-bond donors (Lipinski definition) is 0. The first kappa shape index (κ1) is 27.2. The number of rotatable bonds is 7. The predicted octanol–water partition coefficient (Wildman–Crippen LogP) is 5.03. The number of Topliss-reactive ketones (excluding diaryl/α,β-unsaturated/α-hetero) is 1. The second-order valence-corrected chi connectivity index (χ2v) is 11.2. The van der Waals surface area contributed by atoms with E-state index < -0.39 is 10.0 Å². The molecule has 2 heterocycles. The Morgan fingerprint density at radius 3 is 2.10 bits per heavy atom. The maximum Gasteiger partial charge on any atom is 0.272 e. The van der Waals surface area contributed by atoms with E-state index in [2.05, 4.69) is 4.98 Å². The van der Waals surface area contributed by atoms with Crippen LogP contribution >= 0.6 is 0 Å². The van der Waals surface area contributed by atoms with Crippen LogP contribution in [0.25, 0.3) is 11.3 Å². The van der Waals surface area contributed by atoms with Crippen LogP contribution in [0.15, 0.2) is 95.9 Å². The van der Waals surface area contributed by atoms with Crippen molar-refractivity contribution in [3.8, 4) is 22.8 Å². The summed E-state index contributed by atoms with van der Waals surface area (Å²) in [5.41, 5.74) is 1.97. The summed E-state index contributed by atoms with van der Waals surface area (Å²) >= 11 is 0. The van der Waals surface area contributed by atoms with Crippen molar-refractivity contribution in [1.82, 2.24) is 14.2 Å². The number of ether oxygens (including phenoxy) is 1. The summed E-state index contributed by atoms with van der Waals surface area (Å²) in [7, 11) is -3.80. The molecule has 1 aliphatic heterocycles. The van der Waals surface area contributed by atoms with Gasteiger partial charge in [-0.05, 0) is 79.7 Å². The summed E-state index contributed by atoms with van der Waals surface area (Å²) in [6, 6.07) is 24.1. The van der Waals surface area contributed by atoms with E-state index in [1.165, 1.54) is 35.5 Å². The lowest BCUT2D eigenvalue weighted by atomic mass is 10.1. The van der Waals surface area contributed by atoms with Crippen molar-refractivity contribution in [2.45, 2.75) is 11.8 Å². The Morgan fingerprint density at radius 2 is 1.45 bits per heavy atom. The highest BCUT2D eigenvalue weighted by Crippen LogP contribution is 2.26. The summed E-state index contributed by atoms with van der Waals surface area (Å²) in [6.07, 6.45) is 0. The van der Waals surface area contributed by atoms with Gasteiger partial charge in [0.05, 0.1) is 10.6 Å². The van der Waals surface area contributed by atoms with Crippen molar-refractivity contribution in [1.29, 1.82) is 0 Å². The van der Waals surface area contributed by atoms with Crippen molar-refractivity contribution >= 4 is 21.7 Å². The van der Waals surface area contributed by atoms with Crippen molar-refractivity contribution < 1.29 is 27.1 Å². The van der Waals surface area contributed by atoms with Crippen LogP contribution in [0, 0.1) is 5.82 Å². The number of carbonyl (C=O) groups is 2. The van der Waals surface area contributed by atoms with Crippen molar-refractivity contribution in [2.75, 3.05) is 26.2 Å². The molecule has 1 aliphatic rings. The molecule has 1 fully saturated rings. The van der Waals surface area contributed by atoms with Gasteiger partial charge in [-0.1, -0.05) is 18.2 Å². The van der Waals surface area contributed by atoms with Gasteiger partial charge in [0.2, 0.25) is 10.0 Å². The van der Waals surface area contributed by atoms with E-state index in [9.17, 15) is 22.4 Å². The second-order valence-electron chi connectivity index (χ2n) is 9.27. The molecular weight excluding hydrogens is 533 g/mol. The molecule has 1 saturated heterocycles. The molecule has 0 bridgehead atoms. The maximum absolute atomic E-state index is 13.2. The molecule has 0 radical (unpaired) electrons. The summed E-state index contributed by atoms with van der Waals surface area (Å²) in [4.78, 5) is 31.1. The number of benzene rings is 3. The van der Waals surface area contributed by atoms with Crippen LogP contribution in [-0.4, -0.2) is 60.5 Å². The number of ketones is 1. The lowest BCUT2D eigenvalue weighted by Gasteiger charge is -2.34. The maximum atomic E-state index is 13.2. The first-order valence-electron chi connectivity index (χ1n) is 12.6. The zero-order chi connectivity index (χ0) is 28.3. The number of hydrogen-bond acceptors (Lipinski definition) is 6. The number of amides is 1. The molecule has 4 aromatic rings. The highest BCUT2D eigenvalue weighted by Gasteiger charge is 2.31. The molecule has 1 amide bonds. The van der Waals surface area contributed by atoms with Crippen LogP contribution in [0.4, 0.5) is 4.39 Å². The van der Waals surface area contributed by atoms with Gasteiger partial charge in [-0.25, -0.2) is 17.8 Å². The number of halogens is 1. The number of carbonyl (C=O) groups excluding carboxylic acids is 2. The molecule has 0 aliphatic carbocycles. The molecule has 5 rings (SSSR count). The van der Waals surface area contributed by atoms with Crippen molar-refractivity contribution in [3.63, 3.8) is 0 Å². The fourth-order valence-electron chi connectivity index (χ4n) is 4.37. The minimum Gasteiger partial charge on any atom is -0.457 e. The average molecular weight is 560 g/mol. The van der Waals surface area contributed by atoms with Crippen LogP contribution in [0.3, 0.4) is 0 Å². The van der Waals surface area contributed by atoms with Gasteiger partial charge in [-0.2, -0.15) is 4.31 Å². The van der Waals surface area contributed by atoms with Gasteiger partial charge >= 0.3 is 0 Å². The Hall–Kier alpha value is -4.41. The van der Waals surface area contributed by atoms with Crippen molar-refractivity contribution in [3.05, 3.63) is 108 Å². The van der Waals surface area contributed by atoms with Crippen molar-refractivity contribution in [2.24, 2.45) is 0 Å². The number of piperazine rings is 1. The number of sulfonamides is 1. The number of aromatic nitrogens is 1. The van der Waals surface area contributed by atoms with Gasteiger partial charge in [0, 0.05) is 37.3 Å². The smallest absolute Gasteiger partial charge is 0.272 e. The van der Waals surface area contributed by atoms with Gasteiger partial charge in [-0.15, -0.1) is 0 Å². The molecule has 0 atom stereocenters. The first-order valence-corrected chi connectivity index (χ1v) is 14.1. The Labute approximate surface area is 231 Å². The number of nitrogens with zero attached hydrogens (tertiary/aromatic N) is 3. The lowest BCUT2D eigenvalue weighted by Crippen LogP contribution is -2.50. The predicted molar refractivity (Wildman–Crippen MR) is 147 cm³/mol. The van der Waals surface area contributed by atoms with Gasteiger partial charge in [0.1, 0.15) is 23.0 Å². The zero-order valence-electron chi connectivity index (χ0n) is 21.7. The summed E-state index contributed by atoms with van der Waals surface area (Å²) in [5, 5.41) is 0. The number of pyridine rings is 1. The third kappa shape index (κ3) is 5.93. The van der Waals surface area contributed by atoms with E-state index in [1.807, 2.05) is 12.1 Å². The molecule has 0 saturated carbocycles. The Kier molecular flexibility index (Phi) is 7.72. The molecule has 8 nitrogen and oxygen atoms in total. The minimum atomic E-state index is -3.80. The van der Waals surface area contributed by atoms with Crippen LogP contribution in [0.5, 0.6) is 11.5 Å². The topological polar surface area (TPSA) is 96.9 Å². The van der Waals surface area contributed by atoms with Gasteiger partial charge in [-0.3, -0.25) is 9.59 Å². The van der Waals surface area contributed by atoms with E-state index in [1.54, 1.807) is 59.5 Å². The van der Waals surface area contributed by atoms with E-state index in [4.69, 9.17) is 4.74 Å². The van der Waals surface area contributed by atoms with E-state index in [0.717, 1.165) is 5.56 Å². The molecule has 1 aromatic heterocycles. The fraction of sp³-hybridized carbons (Fsp3) is 0.167. The standard InChI is InChI=1S/C30H26FN3O5S/c1-21(35)23-4-2-5-27(20-23)40(37,38)34-18-16-33(17-19-34)30(36)29-7-3-6-28(32-29)22-8-12-25(13-9-22)39-26-14-10-24(31)11-15-26/h2-15,20H,16-19H2,1H3. The summed E-state index contributed by atoms with van der Waals surface area (Å²) in [6.45, 7) is 2.08. The highest BCUT2D eigenvalue weighted by atomic mass is 32.2. The lowest BCUT2D eigenvalue weighted by molar-refractivity contribution is 0.0692. The molecule has 3 aromatic carbocycles. The van der Waals surface area contributed by atoms with Gasteiger partial charge in [0.25, 0.3) is 5.91 Å². The second kappa shape index (κ2) is 11.4. The molecule has 0 unspecified atom stereocenters. The highest BCUT2D eigenvalue weighted by molar-refractivity contribution is 7.89. The van der Waals surface area contributed by atoms with Crippen LogP contribution in [0.2, 0.25) is 0 Å². The summed E-state index contributed by atoms with van der Waals surface area (Å²) in [5.74, 6) is 0.248. The minimum absolute atomic E-state index is 0.0587. The summed E-state index contributed by atoms with van der Waals surface area (Å²) < 4.78 is 46.4. The van der Waals surface area contributed by atoms with E-state index in [-0.39, 0.29) is 54.3 Å². The SMILES string of the molecule is CC(=O)c1cccc(S(=O)(=O)N2CCN(C(=O)c3cccc(-c4ccc(Oc5ccc(F)cc5)cc4)n3)CC2)c1.